The highest BCUT2D eigenvalue weighted by molar-refractivity contribution is 5.84. The zero-order valence-corrected chi connectivity index (χ0v) is 45.4. The Morgan fingerprint density at radius 2 is 0.692 bits per heavy atom. The molecule has 0 amide bonds. The number of hydrogen-bond acceptors (Lipinski definition) is 9. The number of nitrogens with one attached hydrogen (secondary N) is 6. The number of ether oxygens (including phenoxy) is 3. The Morgan fingerprint density at radius 1 is 0.321 bits per heavy atom. The Labute approximate surface area is 451 Å². The molecule has 3 aliphatic carbocycles. The zero-order valence-electron chi connectivity index (χ0n) is 45.4. The van der Waals surface area contributed by atoms with Crippen LogP contribution in [0.2, 0.25) is 0 Å². The lowest BCUT2D eigenvalue weighted by molar-refractivity contribution is 0.135. The number of aromatic amines is 6. The first-order chi connectivity index (χ1) is 38.0. The highest BCUT2D eigenvalue weighted by Crippen LogP contribution is 2.33. The topological polar surface area (TPSA) is 200 Å². The van der Waals surface area contributed by atoms with Crippen molar-refractivity contribution in [3.63, 3.8) is 0 Å². The summed E-state index contributed by atoms with van der Waals surface area (Å²) in [4.78, 5) is 46.2. The van der Waals surface area contributed by atoms with Gasteiger partial charge in [0.2, 0.25) is 0 Å². The molecule has 0 saturated carbocycles. The van der Waals surface area contributed by atoms with Crippen LogP contribution in [0.15, 0.2) is 72.8 Å². The van der Waals surface area contributed by atoms with Crippen LogP contribution in [0.3, 0.4) is 0 Å². The molecule has 0 radical (unpaired) electrons. The Kier molecular flexibility index (Phi) is 13.1. The van der Waals surface area contributed by atoms with E-state index in [1.165, 1.54) is 147 Å². The van der Waals surface area contributed by atoms with Gasteiger partial charge in [0.05, 0.1) is 99.2 Å². The van der Waals surface area contributed by atoms with Gasteiger partial charge in [-0.2, -0.15) is 0 Å². The number of H-pyrrole nitrogens is 6. The van der Waals surface area contributed by atoms with Crippen LogP contribution in [0, 0.1) is 41.5 Å². The summed E-state index contributed by atoms with van der Waals surface area (Å²) in [5, 5.41) is 0. The van der Waals surface area contributed by atoms with Gasteiger partial charge in [0, 0.05) is 23.6 Å². The molecule has 0 unspecified atom stereocenters. The SMILES string of the molecule is Cc1nc2c3c(ccc2[nH]1)CCC3.Cc1nc2c3c(ccc2[nH]1)CCC3.Cc1nc2c3c(ccc2[nH]1)COC3.Cc1nc2c3c(ccc2[nH]1)COC3.Cc1nc2cc3c(cc2[nH]1)CCC3.Cc1nc2cc3c(cc2[nH]1)CCO3. The van der Waals surface area contributed by atoms with Gasteiger partial charge in [-0.15, -0.1) is 0 Å². The summed E-state index contributed by atoms with van der Waals surface area (Å²) < 4.78 is 16.2. The summed E-state index contributed by atoms with van der Waals surface area (Å²) in [5.41, 5.74) is 28.9. The number of benzene rings is 6. The molecule has 6 N–H and O–H groups in total. The van der Waals surface area contributed by atoms with Crippen molar-refractivity contribution >= 4 is 66.2 Å². The van der Waals surface area contributed by atoms with Crippen molar-refractivity contribution in [1.82, 2.24) is 59.8 Å². The van der Waals surface area contributed by atoms with E-state index in [9.17, 15) is 0 Å². The Balaban J connectivity index is 0.0000000890. The summed E-state index contributed by atoms with van der Waals surface area (Å²) in [5.74, 6) is 6.95. The average molecular weight is 1040 g/mol. The molecule has 18 rings (SSSR count). The van der Waals surface area contributed by atoms with Crippen LogP contribution >= 0.6 is 0 Å². The maximum atomic E-state index is 5.46. The van der Waals surface area contributed by atoms with Gasteiger partial charge in [0.1, 0.15) is 40.7 Å². The molecular weight excluding hydrogens is 973 g/mol. The van der Waals surface area contributed by atoms with E-state index in [2.05, 4.69) is 127 Å². The summed E-state index contributed by atoms with van der Waals surface area (Å²) >= 11 is 0. The normalized spacial score (nSPS) is 15.1. The summed E-state index contributed by atoms with van der Waals surface area (Å²) in [7, 11) is 0. The van der Waals surface area contributed by atoms with Gasteiger partial charge < -0.3 is 44.1 Å². The van der Waals surface area contributed by atoms with Gasteiger partial charge in [-0.1, -0.05) is 24.3 Å². The predicted octanol–water partition coefficient (Wildman–Crippen LogP) is 12.7. The van der Waals surface area contributed by atoms with Crippen molar-refractivity contribution in [2.45, 2.75) is 132 Å². The van der Waals surface area contributed by atoms with Crippen LogP contribution < -0.4 is 4.74 Å². The van der Waals surface area contributed by atoms with E-state index in [-0.39, 0.29) is 0 Å². The maximum Gasteiger partial charge on any atom is 0.124 e. The molecule has 6 aromatic carbocycles. The van der Waals surface area contributed by atoms with Crippen molar-refractivity contribution < 1.29 is 14.2 Å². The maximum absolute atomic E-state index is 5.46. The minimum Gasteiger partial charge on any atom is -0.493 e. The smallest absolute Gasteiger partial charge is 0.124 e. The lowest BCUT2D eigenvalue weighted by Gasteiger charge is -1.97. The summed E-state index contributed by atoms with van der Waals surface area (Å²) in [6.07, 6.45) is 12.3. The second-order valence-corrected chi connectivity index (χ2v) is 21.6. The fourth-order valence-corrected chi connectivity index (χ4v) is 12.3. The fraction of sp³-hybridized carbons (Fsp3) is 0.333. The van der Waals surface area contributed by atoms with E-state index in [0.717, 1.165) is 106 Å². The summed E-state index contributed by atoms with van der Waals surface area (Å²) in [6.45, 7) is 15.6. The Bertz CT molecular complexity index is 3690. The molecule has 6 aliphatic rings. The van der Waals surface area contributed by atoms with Gasteiger partial charge in [-0.3, -0.25) is 0 Å². The van der Waals surface area contributed by atoms with Crippen LogP contribution in [0.4, 0.5) is 0 Å². The number of aromatic nitrogens is 12. The second kappa shape index (κ2) is 20.7. The Hall–Kier alpha value is -8.14. The molecule has 15 heteroatoms. The number of hydrogen-bond donors (Lipinski definition) is 6. The van der Waals surface area contributed by atoms with Crippen LogP contribution in [-0.2, 0) is 80.8 Å². The molecule has 3 aliphatic heterocycles. The van der Waals surface area contributed by atoms with Gasteiger partial charge >= 0.3 is 0 Å². The van der Waals surface area contributed by atoms with Gasteiger partial charge in [-0.25, -0.2) is 29.9 Å². The molecule has 396 valence electrons. The molecule has 12 aromatic rings. The van der Waals surface area contributed by atoms with Gasteiger partial charge in [-0.05, 0) is 192 Å². The molecule has 15 nitrogen and oxygen atoms in total. The van der Waals surface area contributed by atoms with Crippen molar-refractivity contribution in [1.29, 1.82) is 0 Å². The van der Waals surface area contributed by atoms with E-state index in [1.807, 2.05) is 47.6 Å². The van der Waals surface area contributed by atoms with E-state index in [1.54, 1.807) is 0 Å². The average Bonchev–Trinajstić information content (AvgIpc) is 4.26. The first kappa shape index (κ1) is 49.4. The van der Waals surface area contributed by atoms with Crippen LogP contribution in [0.5, 0.6) is 5.75 Å². The molecule has 9 heterocycles. The lowest BCUT2D eigenvalue weighted by Crippen LogP contribution is -1.85. The third-order valence-electron chi connectivity index (χ3n) is 15.9. The first-order valence-electron chi connectivity index (χ1n) is 27.7. The standard InChI is InChI=1S/3C11H12N2.3C10H10N2O/c1-7-12-10-5-8-3-2-4-9(8)6-11(10)13-7;2*1-7-12-10-6-5-8-3-2-4-9(8)11(10)13-7;2*1-6-11-9-3-2-7-4-13-5-8(7)10(9)12-6;1-6-11-8-4-7-2-3-13-10(7)5-9(8)12-6/h3*5-6H,2-4H2,1H3,(H,12,13);2*2-3H,4-5H2,1H3,(H,11,12);4-5H,2-3H2,1H3,(H,11,12). The van der Waals surface area contributed by atoms with Gasteiger partial charge in [0.25, 0.3) is 0 Å². The van der Waals surface area contributed by atoms with Crippen LogP contribution in [0.1, 0.15) is 115 Å². The predicted molar refractivity (Wildman–Crippen MR) is 307 cm³/mol. The molecule has 0 saturated heterocycles. The number of nitrogens with zero attached hydrogens (tertiary/aromatic N) is 6. The van der Waals surface area contributed by atoms with Crippen LogP contribution in [0.25, 0.3) is 66.2 Å². The number of imidazole rings is 6. The highest BCUT2D eigenvalue weighted by atomic mass is 16.5. The molecular formula is C63H66N12O3. The van der Waals surface area contributed by atoms with Crippen molar-refractivity contribution in [3.8, 4) is 5.75 Å². The quantitative estimate of drug-likeness (QED) is 0.0855. The molecule has 0 atom stereocenters. The third-order valence-corrected chi connectivity index (χ3v) is 15.9. The first-order valence-corrected chi connectivity index (χ1v) is 27.7. The van der Waals surface area contributed by atoms with E-state index < -0.39 is 0 Å². The fourth-order valence-electron chi connectivity index (χ4n) is 12.3. The number of rotatable bonds is 0. The molecule has 0 fully saturated rings. The van der Waals surface area contributed by atoms with E-state index in [4.69, 9.17) is 14.2 Å². The Morgan fingerprint density at radius 3 is 1.18 bits per heavy atom. The number of fused-ring (bicyclic) bond motifs is 16. The minimum absolute atomic E-state index is 0.705. The number of aryl methyl sites for hydroxylation is 12. The largest absolute Gasteiger partial charge is 0.493 e. The molecule has 6 aromatic heterocycles. The van der Waals surface area contributed by atoms with Gasteiger partial charge in [0.15, 0.2) is 0 Å². The van der Waals surface area contributed by atoms with E-state index >= 15 is 0 Å². The van der Waals surface area contributed by atoms with Crippen molar-refractivity contribution in [2.75, 3.05) is 6.61 Å². The second-order valence-electron chi connectivity index (χ2n) is 21.6. The van der Waals surface area contributed by atoms with Crippen molar-refractivity contribution in [2.24, 2.45) is 0 Å². The van der Waals surface area contributed by atoms with Crippen LogP contribution in [-0.4, -0.2) is 66.4 Å². The molecule has 0 spiro atoms. The summed E-state index contributed by atoms with van der Waals surface area (Å²) in [6, 6.07) is 25.8. The van der Waals surface area contributed by atoms with Crippen molar-refractivity contribution in [3.05, 3.63) is 169 Å². The monoisotopic (exact) mass is 1040 g/mol. The molecule has 0 bridgehead atoms. The lowest BCUT2D eigenvalue weighted by atomic mass is 10.1. The third kappa shape index (κ3) is 9.81. The van der Waals surface area contributed by atoms with E-state index in [0.29, 0.717) is 13.2 Å². The highest BCUT2D eigenvalue weighted by Gasteiger charge is 2.20. The molecule has 78 heavy (non-hydrogen) atoms. The minimum atomic E-state index is 0.705. The zero-order chi connectivity index (χ0) is 53.0.